The Morgan fingerprint density at radius 2 is 1.88 bits per heavy atom. The summed E-state index contributed by atoms with van der Waals surface area (Å²) in [5.74, 6) is -0.164. The highest BCUT2D eigenvalue weighted by Gasteiger charge is 2.53. The molecule has 1 fully saturated rings. The molecular formula is C20H22FNO3. The van der Waals surface area contributed by atoms with Crippen LogP contribution in [0.1, 0.15) is 37.3 Å². The number of halogens is 1. The number of para-hydroxylation sites is 1. The molecule has 1 saturated carbocycles. The minimum Gasteiger partial charge on any atom is -0.488 e. The van der Waals surface area contributed by atoms with Crippen molar-refractivity contribution in [1.29, 1.82) is 0 Å². The molecule has 2 aromatic carbocycles. The van der Waals surface area contributed by atoms with Gasteiger partial charge in [0.15, 0.2) is 0 Å². The lowest BCUT2D eigenvalue weighted by atomic mass is 9.75. The Morgan fingerprint density at radius 1 is 1.16 bits per heavy atom. The van der Waals surface area contributed by atoms with Gasteiger partial charge < -0.3 is 4.74 Å². The number of hydrogen-bond acceptors (Lipinski definition) is 3. The first-order valence-electron chi connectivity index (χ1n) is 8.34. The maximum atomic E-state index is 14.1. The number of hydrogen-bond donors (Lipinski definition) is 2. The van der Waals surface area contributed by atoms with Crippen molar-refractivity contribution in [2.75, 3.05) is 0 Å². The molecule has 2 aromatic rings. The van der Waals surface area contributed by atoms with Crippen LogP contribution < -0.4 is 10.2 Å². The van der Waals surface area contributed by atoms with Crippen molar-refractivity contribution in [1.82, 2.24) is 5.48 Å². The zero-order valence-electron chi connectivity index (χ0n) is 14.4. The average Bonchev–Trinajstić information content (AvgIpc) is 2.96. The molecule has 2 N–H and O–H groups in total. The number of nitrogens with one attached hydrogen (secondary N) is 1. The Kier molecular flexibility index (Phi) is 4.52. The van der Waals surface area contributed by atoms with Gasteiger partial charge in [0.05, 0.1) is 5.41 Å². The van der Waals surface area contributed by atoms with E-state index in [4.69, 9.17) is 4.74 Å². The van der Waals surface area contributed by atoms with E-state index in [0.717, 1.165) is 5.75 Å². The van der Waals surface area contributed by atoms with Gasteiger partial charge >= 0.3 is 0 Å². The van der Waals surface area contributed by atoms with Crippen LogP contribution in [0.15, 0.2) is 48.5 Å². The number of benzene rings is 2. The minimum absolute atomic E-state index is 0.353. The highest BCUT2D eigenvalue weighted by molar-refractivity contribution is 5.88. The fraction of sp³-hybridized carbons (Fsp3) is 0.350. The standard InChI is InChI=1S/C20H22FNO3/c1-14-16(9-6-10-17(14)21)20(18(23)22-24)12-11-19(2,13-20)25-15-7-4-3-5-8-15/h3-10,24H,11-13H2,1-2H3,(H,22,23)/t19-,20+/m1/s1. The normalized spacial score (nSPS) is 25.6. The van der Waals surface area contributed by atoms with Gasteiger partial charge in [-0.3, -0.25) is 10.0 Å². The molecule has 1 aliphatic rings. The number of rotatable bonds is 4. The Hall–Kier alpha value is -2.40. The van der Waals surface area contributed by atoms with Gasteiger partial charge in [-0.05, 0) is 56.0 Å². The maximum absolute atomic E-state index is 14.1. The van der Waals surface area contributed by atoms with Gasteiger partial charge in [0, 0.05) is 6.42 Å². The number of hydroxylamine groups is 1. The predicted molar refractivity (Wildman–Crippen MR) is 92.1 cm³/mol. The van der Waals surface area contributed by atoms with E-state index in [1.807, 2.05) is 37.3 Å². The van der Waals surface area contributed by atoms with Gasteiger partial charge in [0.2, 0.25) is 0 Å². The molecule has 4 nitrogen and oxygen atoms in total. The molecular weight excluding hydrogens is 321 g/mol. The molecule has 3 rings (SSSR count). The maximum Gasteiger partial charge on any atom is 0.254 e. The van der Waals surface area contributed by atoms with E-state index < -0.39 is 16.9 Å². The summed E-state index contributed by atoms with van der Waals surface area (Å²) in [5, 5.41) is 9.31. The topological polar surface area (TPSA) is 58.6 Å². The van der Waals surface area contributed by atoms with Crippen molar-refractivity contribution in [3.63, 3.8) is 0 Å². The lowest BCUT2D eigenvalue weighted by molar-refractivity contribution is -0.135. The monoisotopic (exact) mass is 343 g/mol. The van der Waals surface area contributed by atoms with Gasteiger partial charge in [0.1, 0.15) is 17.2 Å². The van der Waals surface area contributed by atoms with Crippen LogP contribution in [0.5, 0.6) is 5.75 Å². The third kappa shape index (κ3) is 3.12. The Balaban J connectivity index is 1.99. The van der Waals surface area contributed by atoms with Crippen LogP contribution in [0.4, 0.5) is 4.39 Å². The largest absolute Gasteiger partial charge is 0.488 e. The summed E-state index contributed by atoms with van der Waals surface area (Å²) in [5.41, 5.74) is 1.19. The summed E-state index contributed by atoms with van der Waals surface area (Å²) in [4.78, 5) is 12.6. The van der Waals surface area contributed by atoms with E-state index in [1.54, 1.807) is 24.5 Å². The van der Waals surface area contributed by atoms with Crippen LogP contribution in [-0.2, 0) is 10.2 Å². The van der Waals surface area contributed by atoms with E-state index in [0.29, 0.717) is 30.4 Å². The summed E-state index contributed by atoms with van der Waals surface area (Å²) < 4.78 is 20.2. The third-order valence-corrected chi connectivity index (χ3v) is 5.18. The fourth-order valence-corrected chi connectivity index (χ4v) is 3.93. The van der Waals surface area contributed by atoms with E-state index in [2.05, 4.69) is 0 Å². The third-order valence-electron chi connectivity index (χ3n) is 5.18. The van der Waals surface area contributed by atoms with Crippen LogP contribution in [-0.4, -0.2) is 16.7 Å². The molecule has 5 heteroatoms. The molecule has 0 aliphatic heterocycles. The van der Waals surface area contributed by atoms with Crippen LogP contribution in [0.3, 0.4) is 0 Å². The molecule has 1 aliphatic carbocycles. The van der Waals surface area contributed by atoms with Crippen molar-refractivity contribution < 1.29 is 19.1 Å². The lowest BCUT2D eigenvalue weighted by Gasteiger charge is -2.32. The van der Waals surface area contributed by atoms with Crippen LogP contribution >= 0.6 is 0 Å². The molecule has 2 atom stereocenters. The molecule has 0 spiro atoms. The van der Waals surface area contributed by atoms with E-state index in [-0.39, 0.29) is 5.82 Å². The summed E-state index contributed by atoms with van der Waals surface area (Å²) in [6, 6.07) is 14.1. The van der Waals surface area contributed by atoms with Crippen molar-refractivity contribution in [2.24, 2.45) is 0 Å². The van der Waals surface area contributed by atoms with Crippen LogP contribution in [0.2, 0.25) is 0 Å². The highest BCUT2D eigenvalue weighted by atomic mass is 19.1. The second-order valence-electron chi connectivity index (χ2n) is 6.98. The van der Waals surface area contributed by atoms with E-state index >= 15 is 0 Å². The molecule has 0 heterocycles. The highest BCUT2D eigenvalue weighted by Crippen LogP contribution is 2.49. The number of amides is 1. The smallest absolute Gasteiger partial charge is 0.254 e. The van der Waals surface area contributed by atoms with Crippen LogP contribution in [0, 0.1) is 12.7 Å². The van der Waals surface area contributed by atoms with Crippen molar-refractivity contribution in [3.05, 3.63) is 65.5 Å². The second kappa shape index (κ2) is 6.48. The van der Waals surface area contributed by atoms with Gasteiger partial charge in [-0.25, -0.2) is 9.87 Å². The molecule has 0 radical (unpaired) electrons. The van der Waals surface area contributed by atoms with Crippen LogP contribution in [0.25, 0.3) is 0 Å². The minimum atomic E-state index is -1.02. The van der Waals surface area contributed by atoms with Crippen molar-refractivity contribution >= 4 is 5.91 Å². The molecule has 25 heavy (non-hydrogen) atoms. The molecule has 0 aromatic heterocycles. The number of ether oxygens (including phenoxy) is 1. The van der Waals surface area contributed by atoms with Crippen molar-refractivity contribution in [3.8, 4) is 5.75 Å². The molecule has 0 unspecified atom stereocenters. The summed E-state index contributed by atoms with van der Waals surface area (Å²) in [6.45, 7) is 3.60. The predicted octanol–water partition coefficient (Wildman–Crippen LogP) is 3.90. The Morgan fingerprint density at radius 3 is 2.56 bits per heavy atom. The summed E-state index contributed by atoms with van der Waals surface area (Å²) >= 11 is 0. The first-order valence-corrected chi connectivity index (χ1v) is 8.34. The zero-order chi connectivity index (χ0) is 18.1. The molecule has 1 amide bonds. The summed E-state index contributed by atoms with van der Waals surface area (Å²) in [7, 11) is 0. The van der Waals surface area contributed by atoms with Gasteiger partial charge in [0.25, 0.3) is 5.91 Å². The summed E-state index contributed by atoms with van der Waals surface area (Å²) in [6.07, 6.45) is 1.43. The Bertz CT molecular complexity index is 780. The number of carbonyl (C=O) groups is 1. The SMILES string of the molecule is Cc1c(F)cccc1[C@]1(C(=O)NO)CC[C@@](C)(Oc2ccccc2)C1. The lowest BCUT2D eigenvalue weighted by Crippen LogP contribution is -2.44. The van der Waals surface area contributed by atoms with Gasteiger partial charge in [-0.2, -0.15) is 0 Å². The zero-order valence-corrected chi connectivity index (χ0v) is 14.4. The average molecular weight is 343 g/mol. The molecule has 0 saturated heterocycles. The Labute approximate surface area is 146 Å². The molecule has 132 valence electrons. The molecule has 0 bridgehead atoms. The fourth-order valence-electron chi connectivity index (χ4n) is 3.93. The van der Waals surface area contributed by atoms with Gasteiger partial charge in [-0.1, -0.05) is 30.3 Å². The number of carbonyl (C=O) groups excluding carboxylic acids is 1. The van der Waals surface area contributed by atoms with Crippen molar-refractivity contribution in [2.45, 2.75) is 44.1 Å². The first-order chi connectivity index (χ1) is 11.9. The quantitative estimate of drug-likeness (QED) is 0.654. The van der Waals surface area contributed by atoms with E-state index in [1.165, 1.54) is 6.07 Å². The van der Waals surface area contributed by atoms with Gasteiger partial charge in [-0.15, -0.1) is 0 Å². The first kappa shape index (κ1) is 17.4. The second-order valence-corrected chi connectivity index (χ2v) is 6.98. The van der Waals surface area contributed by atoms with E-state index in [9.17, 15) is 14.4 Å².